The molecule has 12 heteroatoms. The van der Waals surface area contributed by atoms with E-state index in [0.717, 1.165) is 5.56 Å². The lowest BCUT2D eigenvalue weighted by Crippen LogP contribution is -2.59. The van der Waals surface area contributed by atoms with Crippen LogP contribution < -0.4 is 10.1 Å². The topological polar surface area (TPSA) is 144 Å². The van der Waals surface area contributed by atoms with Gasteiger partial charge in [-0.2, -0.15) is 0 Å². The monoisotopic (exact) mass is 567 g/mol. The average Bonchev–Trinajstić information content (AvgIpc) is 2.89. The van der Waals surface area contributed by atoms with Crippen LogP contribution in [0.2, 0.25) is 10.0 Å². The first kappa shape index (κ1) is 29.7. The number of methoxy groups -OCH3 is 1. The fraction of sp³-hybridized carbons (Fsp3) is 0.385. The van der Waals surface area contributed by atoms with Crippen molar-refractivity contribution in [2.45, 2.75) is 50.2 Å². The van der Waals surface area contributed by atoms with Gasteiger partial charge < -0.3 is 39.6 Å². The van der Waals surface area contributed by atoms with E-state index in [1.807, 2.05) is 0 Å². The molecule has 5 atom stereocenters. The Morgan fingerprint density at radius 2 is 1.82 bits per heavy atom. The minimum atomic E-state index is -1.55. The second-order valence-corrected chi connectivity index (χ2v) is 9.17. The molecule has 3 rings (SSSR count). The first-order valence-corrected chi connectivity index (χ1v) is 12.2. The standard InChI is InChI=1S/C26H27Cl2NO9/c1-3-4-8-20(30)29-16-7-5-6-14(9-16)12-36-24-17(27)10-15(11-18(24)28)25(34)37-13-19-21(31)22(32)23(33)26(35-2)38-19/h1,5-7,9-11,19,21-23,26,31-33H,4,8,12-13H2,2H3,(H,29,30)/t19-,21-,22+,23-,26-/m1/s1. The zero-order valence-electron chi connectivity index (χ0n) is 20.3. The van der Waals surface area contributed by atoms with Crippen LogP contribution in [-0.2, 0) is 25.6 Å². The first-order chi connectivity index (χ1) is 18.1. The molecular formula is C26H27Cl2NO9. The molecule has 1 fully saturated rings. The van der Waals surface area contributed by atoms with E-state index in [1.165, 1.54) is 19.2 Å². The van der Waals surface area contributed by atoms with Gasteiger partial charge in [0.25, 0.3) is 0 Å². The minimum Gasteiger partial charge on any atom is -0.486 e. The van der Waals surface area contributed by atoms with E-state index >= 15 is 0 Å². The highest BCUT2D eigenvalue weighted by molar-refractivity contribution is 6.37. The highest BCUT2D eigenvalue weighted by Gasteiger charge is 2.44. The molecule has 2 aromatic carbocycles. The molecule has 2 aromatic rings. The van der Waals surface area contributed by atoms with Crippen molar-refractivity contribution in [3.05, 3.63) is 57.6 Å². The number of hydrogen-bond donors (Lipinski definition) is 4. The van der Waals surface area contributed by atoms with Gasteiger partial charge in [-0.05, 0) is 29.8 Å². The van der Waals surface area contributed by atoms with Gasteiger partial charge in [-0.15, -0.1) is 12.3 Å². The van der Waals surface area contributed by atoms with Gasteiger partial charge >= 0.3 is 5.97 Å². The average molecular weight is 568 g/mol. The summed E-state index contributed by atoms with van der Waals surface area (Å²) in [4.78, 5) is 24.5. The molecule has 0 saturated carbocycles. The zero-order valence-corrected chi connectivity index (χ0v) is 21.8. The van der Waals surface area contributed by atoms with Crippen LogP contribution in [0.1, 0.15) is 28.8 Å². The van der Waals surface area contributed by atoms with Gasteiger partial charge in [-0.3, -0.25) is 4.79 Å². The fourth-order valence-corrected chi connectivity index (χ4v) is 4.21. The lowest BCUT2D eigenvalue weighted by atomic mass is 9.99. The first-order valence-electron chi connectivity index (χ1n) is 11.5. The number of aliphatic hydroxyl groups is 3. The Morgan fingerprint density at radius 3 is 2.47 bits per heavy atom. The number of rotatable bonds is 10. The van der Waals surface area contributed by atoms with Crippen molar-refractivity contribution in [3.8, 4) is 18.1 Å². The number of amides is 1. The van der Waals surface area contributed by atoms with Gasteiger partial charge in [-0.1, -0.05) is 35.3 Å². The molecule has 1 heterocycles. The van der Waals surface area contributed by atoms with E-state index in [-0.39, 0.29) is 40.3 Å². The maximum Gasteiger partial charge on any atom is 0.338 e. The van der Waals surface area contributed by atoms with Crippen LogP contribution in [0, 0.1) is 12.3 Å². The van der Waals surface area contributed by atoms with Crippen molar-refractivity contribution in [2.75, 3.05) is 19.0 Å². The Morgan fingerprint density at radius 1 is 1.11 bits per heavy atom. The van der Waals surface area contributed by atoms with E-state index in [4.69, 9.17) is 48.6 Å². The number of carbonyl (C=O) groups is 2. The van der Waals surface area contributed by atoms with Crippen molar-refractivity contribution in [3.63, 3.8) is 0 Å². The van der Waals surface area contributed by atoms with E-state index in [2.05, 4.69) is 11.2 Å². The van der Waals surface area contributed by atoms with E-state index in [1.54, 1.807) is 24.3 Å². The number of benzene rings is 2. The molecule has 1 saturated heterocycles. The number of aliphatic hydroxyl groups excluding tert-OH is 3. The van der Waals surface area contributed by atoms with Crippen LogP contribution in [0.5, 0.6) is 5.75 Å². The van der Waals surface area contributed by atoms with Crippen LogP contribution in [0.15, 0.2) is 36.4 Å². The number of hydrogen-bond acceptors (Lipinski definition) is 9. The maximum atomic E-state index is 12.6. The van der Waals surface area contributed by atoms with Crippen molar-refractivity contribution < 1.29 is 43.9 Å². The summed E-state index contributed by atoms with van der Waals surface area (Å²) in [6.45, 7) is -0.365. The molecule has 10 nitrogen and oxygen atoms in total. The molecule has 1 amide bonds. The van der Waals surface area contributed by atoms with E-state index < -0.39 is 43.3 Å². The predicted molar refractivity (Wildman–Crippen MR) is 138 cm³/mol. The molecule has 0 aliphatic carbocycles. The second-order valence-electron chi connectivity index (χ2n) is 8.36. The molecule has 204 valence electrons. The van der Waals surface area contributed by atoms with Crippen LogP contribution in [-0.4, -0.2) is 71.6 Å². The van der Waals surface area contributed by atoms with Gasteiger partial charge in [0, 0.05) is 25.6 Å². The Labute approximate surface area is 229 Å². The summed E-state index contributed by atoms with van der Waals surface area (Å²) in [6.07, 6.45) is -1.15. The highest BCUT2D eigenvalue weighted by Crippen LogP contribution is 2.35. The van der Waals surface area contributed by atoms with Crippen molar-refractivity contribution >= 4 is 40.8 Å². The van der Waals surface area contributed by atoms with E-state index in [0.29, 0.717) is 12.1 Å². The quantitative estimate of drug-likeness (QED) is 0.251. The van der Waals surface area contributed by atoms with E-state index in [9.17, 15) is 24.9 Å². The fourth-order valence-electron chi connectivity index (χ4n) is 3.61. The summed E-state index contributed by atoms with van der Waals surface area (Å²) in [7, 11) is 1.26. The molecular weight excluding hydrogens is 541 g/mol. The third kappa shape index (κ3) is 7.58. The van der Waals surface area contributed by atoms with Gasteiger partial charge in [0.1, 0.15) is 37.6 Å². The molecule has 0 radical (unpaired) electrons. The minimum absolute atomic E-state index is 0.0122. The Kier molecular flexibility index (Phi) is 10.8. The number of halogens is 2. The normalized spacial score (nSPS) is 22.8. The van der Waals surface area contributed by atoms with Crippen LogP contribution in [0.4, 0.5) is 5.69 Å². The van der Waals surface area contributed by atoms with Crippen LogP contribution in [0.25, 0.3) is 0 Å². The predicted octanol–water partition coefficient (Wildman–Crippen LogP) is 2.54. The van der Waals surface area contributed by atoms with Crippen molar-refractivity contribution in [1.29, 1.82) is 0 Å². The summed E-state index contributed by atoms with van der Waals surface area (Å²) in [6, 6.07) is 9.61. The van der Waals surface area contributed by atoms with Gasteiger partial charge in [0.05, 0.1) is 15.6 Å². The Hall–Kier alpha value is -2.88. The molecule has 1 aliphatic rings. The summed E-state index contributed by atoms with van der Waals surface area (Å²) < 4.78 is 21.2. The molecule has 0 aromatic heterocycles. The Balaban J connectivity index is 1.60. The number of esters is 1. The largest absolute Gasteiger partial charge is 0.486 e. The van der Waals surface area contributed by atoms with Gasteiger partial charge in [0.2, 0.25) is 5.91 Å². The van der Waals surface area contributed by atoms with Crippen molar-refractivity contribution in [1.82, 2.24) is 0 Å². The van der Waals surface area contributed by atoms with Crippen molar-refractivity contribution in [2.24, 2.45) is 0 Å². The second kappa shape index (κ2) is 13.8. The van der Waals surface area contributed by atoms with Crippen LogP contribution >= 0.6 is 23.2 Å². The van der Waals surface area contributed by atoms with Gasteiger partial charge in [-0.25, -0.2) is 4.79 Å². The summed E-state index contributed by atoms with van der Waals surface area (Å²) >= 11 is 12.6. The molecule has 0 unspecified atom stereocenters. The number of nitrogens with one attached hydrogen (secondary N) is 1. The van der Waals surface area contributed by atoms with Crippen LogP contribution in [0.3, 0.4) is 0 Å². The third-order valence-electron chi connectivity index (χ3n) is 5.60. The Bertz CT molecular complexity index is 1160. The molecule has 0 spiro atoms. The smallest absolute Gasteiger partial charge is 0.338 e. The SMILES string of the molecule is C#CCCC(=O)Nc1cccc(COc2c(Cl)cc(C(=O)OC[C@H]3O[C@@H](OC)[C@H](O)[C@@H](O)[C@@H]3O)cc2Cl)c1. The summed E-state index contributed by atoms with van der Waals surface area (Å²) in [5, 5.41) is 32.7. The number of ether oxygens (including phenoxy) is 4. The molecule has 38 heavy (non-hydrogen) atoms. The molecule has 4 N–H and O–H groups in total. The molecule has 1 aliphatic heterocycles. The number of anilines is 1. The lowest BCUT2D eigenvalue weighted by Gasteiger charge is -2.39. The summed E-state index contributed by atoms with van der Waals surface area (Å²) in [5.41, 5.74) is 1.32. The van der Waals surface area contributed by atoms with Gasteiger partial charge in [0.15, 0.2) is 12.0 Å². The zero-order chi connectivity index (χ0) is 27.8. The lowest BCUT2D eigenvalue weighted by molar-refractivity contribution is -0.294. The number of carbonyl (C=O) groups excluding carboxylic acids is 2. The molecule has 0 bridgehead atoms. The summed E-state index contributed by atoms with van der Waals surface area (Å²) in [5.74, 6) is 1.53. The third-order valence-corrected chi connectivity index (χ3v) is 6.17. The maximum absolute atomic E-state index is 12.6. The number of terminal acetylenes is 1. The highest BCUT2D eigenvalue weighted by atomic mass is 35.5.